The molecule has 2 aromatic rings. The third-order valence-corrected chi connectivity index (χ3v) is 2.59. The summed E-state index contributed by atoms with van der Waals surface area (Å²) in [6.45, 7) is 1.50. The summed E-state index contributed by atoms with van der Waals surface area (Å²) in [6, 6.07) is 1.92. The van der Waals surface area contributed by atoms with Crippen LogP contribution in [0.15, 0.2) is 31.0 Å². The van der Waals surface area contributed by atoms with Crippen LogP contribution in [0.4, 0.5) is 0 Å². The van der Waals surface area contributed by atoms with Crippen LogP contribution >= 0.6 is 11.6 Å². The molecule has 0 amide bonds. The number of nitrogens with zero attached hydrogens (tertiary/aromatic N) is 3. The largest absolute Gasteiger partial charge is 0.333 e. The van der Waals surface area contributed by atoms with E-state index in [4.69, 9.17) is 11.6 Å². The van der Waals surface area contributed by atoms with Gasteiger partial charge in [0.15, 0.2) is 0 Å². The highest BCUT2D eigenvalue weighted by atomic mass is 35.5. The maximum Gasteiger partial charge on any atom is 0.0953 e. The highest BCUT2D eigenvalue weighted by molar-refractivity contribution is 6.31. The third-order valence-electron chi connectivity index (χ3n) is 2.25. The summed E-state index contributed by atoms with van der Waals surface area (Å²) >= 11 is 6.03. The van der Waals surface area contributed by atoms with Crippen molar-refractivity contribution in [3.8, 4) is 0 Å². The number of hydrogen-bond acceptors (Lipinski definition) is 3. The summed E-state index contributed by atoms with van der Waals surface area (Å²) in [5.41, 5.74) is 2.07. The summed E-state index contributed by atoms with van der Waals surface area (Å²) in [5, 5.41) is 3.75. The summed E-state index contributed by atoms with van der Waals surface area (Å²) in [6.07, 6.45) is 7.21. The van der Waals surface area contributed by atoms with Crippen LogP contribution in [0.25, 0.3) is 0 Å². The van der Waals surface area contributed by atoms with Crippen molar-refractivity contribution in [3.05, 3.63) is 47.3 Å². The van der Waals surface area contributed by atoms with E-state index in [1.54, 1.807) is 12.4 Å². The molecular weight excluding hydrogens is 224 g/mol. The number of aromatic nitrogens is 3. The standard InChI is InChI=1S/C11H13ClN4/c1-13-4-10-7-16(8-15-10)6-9-2-3-14-5-11(9)12/h2-3,5,7-8,13H,4,6H2,1H3. The smallest absolute Gasteiger partial charge is 0.0953 e. The highest BCUT2D eigenvalue weighted by Crippen LogP contribution is 2.14. The van der Waals surface area contributed by atoms with Gasteiger partial charge in [-0.15, -0.1) is 0 Å². The van der Waals surface area contributed by atoms with Gasteiger partial charge in [-0.1, -0.05) is 11.6 Å². The molecular formula is C11H13ClN4. The molecule has 0 spiro atoms. The van der Waals surface area contributed by atoms with E-state index in [2.05, 4.69) is 15.3 Å². The summed E-state index contributed by atoms with van der Waals surface area (Å²) in [7, 11) is 1.90. The third kappa shape index (κ3) is 2.59. The van der Waals surface area contributed by atoms with Crippen molar-refractivity contribution in [3.63, 3.8) is 0 Å². The summed E-state index contributed by atoms with van der Waals surface area (Å²) in [4.78, 5) is 8.23. The molecule has 5 heteroatoms. The van der Waals surface area contributed by atoms with E-state index in [0.717, 1.165) is 24.3 Å². The minimum atomic E-state index is 0.686. The van der Waals surface area contributed by atoms with Crippen LogP contribution in [0.3, 0.4) is 0 Å². The molecule has 0 aliphatic rings. The first-order valence-electron chi connectivity index (χ1n) is 5.03. The monoisotopic (exact) mass is 236 g/mol. The molecule has 0 saturated carbocycles. The molecule has 4 nitrogen and oxygen atoms in total. The number of hydrogen-bond donors (Lipinski definition) is 1. The molecule has 0 aliphatic carbocycles. The molecule has 0 atom stereocenters. The highest BCUT2D eigenvalue weighted by Gasteiger charge is 2.02. The van der Waals surface area contributed by atoms with Crippen molar-refractivity contribution < 1.29 is 0 Å². The zero-order valence-corrected chi connectivity index (χ0v) is 9.78. The molecule has 0 bridgehead atoms. The van der Waals surface area contributed by atoms with Crippen LogP contribution in [-0.4, -0.2) is 21.6 Å². The Morgan fingerprint density at radius 3 is 3.12 bits per heavy atom. The molecule has 1 N–H and O–H groups in total. The van der Waals surface area contributed by atoms with Gasteiger partial charge < -0.3 is 9.88 Å². The molecule has 0 fully saturated rings. The molecule has 2 rings (SSSR count). The van der Waals surface area contributed by atoms with Gasteiger partial charge in [-0.2, -0.15) is 0 Å². The molecule has 84 valence electrons. The molecule has 2 heterocycles. The van der Waals surface area contributed by atoms with Gasteiger partial charge in [0.25, 0.3) is 0 Å². The van der Waals surface area contributed by atoms with E-state index in [1.807, 2.05) is 30.2 Å². The number of rotatable bonds is 4. The summed E-state index contributed by atoms with van der Waals surface area (Å²) < 4.78 is 2.01. The SMILES string of the molecule is CNCc1cn(Cc2ccncc2Cl)cn1. The molecule has 0 saturated heterocycles. The van der Waals surface area contributed by atoms with Crippen LogP contribution in [0, 0.1) is 0 Å². The Balaban J connectivity index is 2.11. The number of imidazole rings is 1. The van der Waals surface area contributed by atoms with E-state index in [1.165, 1.54) is 0 Å². The van der Waals surface area contributed by atoms with Crippen LogP contribution in [0.5, 0.6) is 0 Å². The van der Waals surface area contributed by atoms with Gasteiger partial charge in [0.2, 0.25) is 0 Å². The van der Waals surface area contributed by atoms with Crippen LogP contribution in [0.2, 0.25) is 5.02 Å². The normalized spacial score (nSPS) is 10.6. The van der Waals surface area contributed by atoms with Crippen molar-refractivity contribution >= 4 is 11.6 Å². The lowest BCUT2D eigenvalue weighted by molar-refractivity contribution is 0.781. The fraction of sp³-hybridized carbons (Fsp3) is 0.273. The fourth-order valence-corrected chi connectivity index (χ4v) is 1.67. The zero-order chi connectivity index (χ0) is 11.4. The average molecular weight is 237 g/mol. The Morgan fingerprint density at radius 1 is 1.50 bits per heavy atom. The molecule has 2 aromatic heterocycles. The van der Waals surface area contributed by atoms with E-state index >= 15 is 0 Å². The molecule has 0 unspecified atom stereocenters. The van der Waals surface area contributed by atoms with Gasteiger partial charge in [0.05, 0.1) is 23.6 Å². The molecule has 0 radical (unpaired) electrons. The van der Waals surface area contributed by atoms with Crippen molar-refractivity contribution in [2.75, 3.05) is 7.05 Å². The van der Waals surface area contributed by atoms with Crippen LogP contribution < -0.4 is 5.32 Å². The Morgan fingerprint density at radius 2 is 2.38 bits per heavy atom. The number of halogens is 1. The molecule has 16 heavy (non-hydrogen) atoms. The minimum absolute atomic E-state index is 0.686. The lowest BCUT2D eigenvalue weighted by Crippen LogP contribution is -2.05. The Bertz CT molecular complexity index is 467. The topological polar surface area (TPSA) is 42.7 Å². The Kier molecular flexibility index (Phi) is 3.54. The first-order chi connectivity index (χ1) is 7.79. The fourth-order valence-electron chi connectivity index (χ4n) is 1.49. The van der Waals surface area contributed by atoms with Gasteiger partial charge >= 0.3 is 0 Å². The lowest BCUT2D eigenvalue weighted by Gasteiger charge is -2.03. The van der Waals surface area contributed by atoms with Crippen molar-refractivity contribution in [2.24, 2.45) is 0 Å². The predicted octanol–water partition coefficient (Wildman–Crippen LogP) is 1.70. The van der Waals surface area contributed by atoms with Crippen LogP contribution in [-0.2, 0) is 13.1 Å². The van der Waals surface area contributed by atoms with Gasteiger partial charge in [0.1, 0.15) is 0 Å². The number of nitrogens with one attached hydrogen (secondary N) is 1. The average Bonchev–Trinajstić information content (AvgIpc) is 2.70. The first-order valence-corrected chi connectivity index (χ1v) is 5.41. The van der Waals surface area contributed by atoms with Gasteiger partial charge in [-0.3, -0.25) is 4.98 Å². The molecule has 0 aliphatic heterocycles. The van der Waals surface area contributed by atoms with Gasteiger partial charge in [0, 0.05) is 25.1 Å². The molecule has 0 aromatic carbocycles. The van der Waals surface area contributed by atoms with E-state index in [9.17, 15) is 0 Å². The minimum Gasteiger partial charge on any atom is -0.333 e. The van der Waals surface area contributed by atoms with Gasteiger partial charge in [-0.05, 0) is 18.7 Å². The Labute approximate surface area is 99.3 Å². The van der Waals surface area contributed by atoms with E-state index in [0.29, 0.717) is 5.02 Å². The second-order valence-electron chi connectivity index (χ2n) is 3.53. The van der Waals surface area contributed by atoms with Crippen molar-refractivity contribution in [1.82, 2.24) is 19.9 Å². The van der Waals surface area contributed by atoms with Crippen molar-refractivity contribution in [2.45, 2.75) is 13.1 Å². The van der Waals surface area contributed by atoms with Gasteiger partial charge in [-0.25, -0.2) is 4.98 Å². The maximum atomic E-state index is 6.03. The Hall–Kier alpha value is -1.39. The van der Waals surface area contributed by atoms with Crippen molar-refractivity contribution in [1.29, 1.82) is 0 Å². The first kappa shape index (κ1) is 11.1. The second-order valence-corrected chi connectivity index (χ2v) is 3.94. The zero-order valence-electron chi connectivity index (χ0n) is 9.02. The maximum absolute atomic E-state index is 6.03. The van der Waals surface area contributed by atoms with E-state index < -0.39 is 0 Å². The predicted molar refractivity (Wildman–Crippen MR) is 63.3 cm³/mol. The summed E-state index contributed by atoms with van der Waals surface area (Å²) in [5.74, 6) is 0. The number of pyridine rings is 1. The van der Waals surface area contributed by atoms with Crippen LogP contribution in [0.1, 0.15) is 11.3 Å². The lowest BCUT2D eigenvalue weighted by atomic mass is 10.2. The quantitative estimate of drug-likeness (QED) is 0.879. The van der Waals surface area contributed by atoms with E-state index in [-0.39, 0.29) is 0 Å². The second kappa shape index (κ2) is 5.09.